The molecule has 2 N–H and O–H groups in total. The normalized spacial score (nSPS) is 22.6. The van der Waals surface area contributed by atoms with Crippen LogP contribution < -0.4 is 15.5 Å². The van der Waals surface area contributed by atoms with E-state index in [9.17, 15) is 9.59 Å². The highest BCUT2D eigenvalue weighted by molar-refractivity contribution is 6.09. The molecule has 0 spiro atoms. The summed E-state index contributed by atoms with van der Waals surface area (Å²) in [6, 6.07) is -0.212. The monoisotopic (exact) mass is 465 g/mol. The zero-order valence-electron chi connectivity index (χ0n) is 17.9. The number of fused-ring (bicyclic) bond motifs is 1. The Hall–Kier alpha value is -2.30. The third-order valence-electron chi connectivity index (χ3n) is 6.76. The Morgan fingerprint density at radius 1 is 1.09 bits per heavy atom. The number of piperidine rings is 2. The van der Waals surface area contributed by atoms with E-state index in [4.69, 9.17) is 0 Å². The fourth-order valence-corrected chi connectivity index (χ4v) is 5.00. The van der Waals surface area contributed by atoms with Crippen molar-refractivity contribution < 1.29 is 14.0 Å². The second kappa shape index (κ2) is 9.29. The van der Waals surface area contributed by atoms with Crippen LogP contribution >= 0.6 is 12.4 Å². The number of anilines is 1. The Bertz CT molecular complexity index is 986. The lowest BCUT2D eigenvalue weighted by Crippen LogP contribution is -2.49. The lowest BCUT2D eigenvalue weighted by Gasteiger charge is -2.38. The lowest BCUT2D eigenvalue weighted by atomic mass is 9.92. The van der Waals surface area contributed by atoms with Crippen LogP contribution in [0.25, 0.3) is 10.9 Å². The van der Waals surface area contributed by atoms with Crippen LogP contribution in [0.3, 0.4) is 0 Å². The van der Waals surface area contributed by atoms with E-state index in [-0.39, 0.29) is 30.8 Å². The average Bonchev–Trinajstić information content (AvgIpc) is 3.19. The van der Waals surface area contributed by atoms with Crippen LogP contribution in [0.15, 0.2) is 18.6 Å². The number of carbonyl (C=O) groups is 2. The summed E-state index contributed by atoms with van der Waals surface area (Å²) in [6.07, 6.45) is 8.42. The molecule has 5 heterocycles. The first kappa shape index (κ1) is 22.9. The largest absolute Gasteiger partial charge is 0.328 e. The molecule has 5 rings (SSSR count). The number of pyridine rings is 1. The summed E-state index contributed by atoms with van der Waals surface area (Å²) in [4.78, 5) is 31.9. The fraction of sp³-hybridized carbons (Fsp3) is 0.619. The molecule has 3 saturated heterocycles. The van der Waals surface area contributed by atoms with E-state index >= 15 is 4.39 Å². The van der Waals surface area contributed by atoms with E-state index in [1.54, 1.807) is 23.5 Å². The summed E-state index contributed by atoms with van der Waals surface area (Å²) in [7, 11) is 0. The molecule has 2 aromatic heterocycles. The number of hydrogen-bond donors (Lipinski definition) is 2. The van der Waals surface area contributed by atoms with E-state index < -0.39 is 11.7 Å². The second-order valence-corrected chi connectivity index (χ2v) is 8.84. The van der Waals surface area contributed by atoms with E-state index in [0.29, 0.717) is 31.6 Å². The summed E-state index contributed by atoms with van der Waals surface area (Å²) in [5, 5.41) is 11.1. The molecule has 0 saturated carbocycles. The molecule has 0 aliphatic carbocycles. The Morgan fingerprint density at radius 3 is 2.56 bits per heavy atom. The first-order chi connectivity index (χ1) is 15.0. The minimum atomic E-state index is -1.08. The fourth-order valence-electron chi connectivity index (χ4n) is 5.00. The van der Waals surface area contributed by atoms with Crippen LogP contribution in [-0.4, -0.2) is 76.5 Å². The second-order valence-electron chi connectivity index (χ2n) is 8.84. The van der Waals surface area contributed by atoms with Crippen molar-refractivity contribution in [1.29, 1.82) is 0 Å². The van der Waals surface area contributed by atoms with Crippen LogP contribution in [0.2, 0.25) is 0 Å². The SMILES string of the molecule is Cl.O=C1CCN(c2cncc3c2cnn3C2CCN(CC3(F)CCNCC3)CC2)C(=O)N1. The van der Waals surface area contributed by atoms with Crippen molar-refractivity contribution in [3.63, 3.8) is 0 Å². The van der Waals surface area contributed by atoms with Crippen LogP contribution in [0.4, 0.5) is 14.9 Å². The first-order valence-electron chi connectivity index (χ1n) is 11.1. The van der Waals surface area contributed by atoms with Gasteiger partial charge in [0.15, 0.2) is 0 Å². The Kier molecular flexibility index (Phi) is 6.64. The summed E-state index contributed by atoms with van der Waals surface area (Å²) in [5.41, 5.74) is 0.462. The van der Waals surface area contributed by atoms with Gasteiger partial charge in [0.25, 0.3) is 0 Å². The number of hydrogen-bond acceptors (Lipinski definition) is 6. The van der Waals surface area contributed by atoms with Crippen molar-refractivity contribution in [3.8, 4) is 0 Å². The zero-order valence-corrected chi connectivity index (χ0v) is 18.7. The minimum absolute atomic E-state index is 0. The zero-order chi connectivity index (χ0) is 21.4. The molecule has 3 aliphatic heterocycles. The average molecular weight is 466 g/mol. The number of nitrogens with one attached hydrogen (secondary N) is 2. The van der Waals surface area contributed by atoms with Gasteiger partial charge >= 0.3 is 6.03 Å². The van der Waals surface area contributed by atoms with Gasteiger partial charge in [-0.25, -0.2) is 9.18 Å². The molecule has 9 nitrogen and oxygen atoms in total. The summed E-state index contributed by atoms with van der Waals surface area (Å²) in [6.45, 7) is 4.03. The van der Waals surface area contributed by atoms with Crippen molar-refractivity contribution in [2.45, 2.75) is 43.8 Å². The van der Waals surface area contributed by atoms with Crippen LogP contribution in [0.5, 0.6) is 0 Å². The van der Waals surface area contributed by atoms with Gasteiger partial charge in [0, 0.05) is 38.0 Å². The molecule has 174 valence electrons. The highest BCUT2D eigenvalue weighted by atomic mass is 35.5. The number of amides is 3. The molecule has 0 atom stereocenters. The van der Waals surface area contributed by atoms with Crippen LogP contribution in [0.1, 0.15) is 38.1 Å². The van der Waals surface area contributed by atoms with Gasteiger partial charge in [-0.2, -0.15) is 5.10 Å². The smallest absolute Gasteiger partial charge is 0.316 e. The van der Waals surface area contributed by atoms with Gasteiger partial charge in [0.2, 0.25) is 5.91 Å². The standard InChI is InChI=1S/C21H28FN7O2.ClH/c22-21(4-6-23-7-5-21)14-27-8-1-15(2-9-27)29-18-13-24-12-17(16(18)11-25-29)28-10-3-19(30)26-20(28)31;/h11-13,15,23H,1-10,14H2,(H,26,30,31);1H. The van der Waals surface area contributed by atoms with Gasteiger partial charge in [0.1, 0.15) is 5.67 Å². The molecule has 3 amide bonds. The number of halogens is 2. The molecule has 0 aromatic carbocycles. The predicted molar refractivity (Wildman–Crippen MR) is 121 cm³/mol. The molecule has 3 fully saturated rings. The van der Waals surface area contributed by atoms with E-state index in [1.807, 2.05) is 4.68 Å². The van der Waals surface area contributed by atoms with E-state index in [0.717, 1.165) is 49.9 Å². The van der Waals surface area contributed by atoms with Crippen molar-refractivity contribution in [3.05, 3.63) is 18.6 Å². The van der Waals surface area contributed by atoms with Gasteiger partial charge in [-0.05, 0) is 38.8 Å². The molecule has 0 bridgehead atoms. The van der Waals surface area contributed by atoms with Crippen molar-refractivity contribution in [1.82, 2.24) is 30.3 Å². The van der Waals surface area contributed by atoms with E-state index in [2.05, 4.69) is 25.6 Å². The Labute approximate surface area is 192 Å². The molecule has 0 unspecified atom stereocenters. The van der Waals surface area contributed by atoms with Crippen molar-refractivity contribution in [2.24, 2.45) is 0 Å². The lowest BCUT2D eigenvalue weighted by molar-refractivity contribution is -0.120. The molecule has 3 aliphatic rings. The molecule has 11 heteroatoms. The molecular weight excluding hydrogens is 437 g/mol. The summed E-state index contributed by atoms with van der Waals surface area (Å²) < 4.78 is 17.0. The Morgan fingerprint density at radius 2 is 1.84 bits per heavy atom. The van der Waals surface area contributed by atoms with Crippen molar-refractivity contribution >= 4 is 40.9 Å². The molecule has 32 heavy (non-hydrogen) atoms. The van der Waals surface area contributed by atoms with Crippen LogP contribution in [0, 0.1) is 0 Å². The van der Waals surface area contributed by atoms with Gasteiger partial charge < -0.3 is 10.2 Å². The van der Waals surface area contributed by atoms with Gasteiger partial charge in [-0.1, -0.05) is 0 Å². The number of urea groups is 1. The quantitative estimate of drug-likeness (QED) is 0.717. The minimum Gasteiger partial charge on any atom is -0.316 e. The van der Waals surface area contributed by atoms with Crippen LogP contribution in [-0.2, 0) is 4.79 Å². The predicted octanol–water partition coefficient (Wildman–Crippen LogP) is 2.03. The van der Waals surface area contributed by atoms with Gasteiger partial charge in [-0.3, -0.25) is 24.7 Å². The maximum atomic E-state index is 15.0. The summed E-state index contributed by atoms with van der Waals surface area (Å²) >= 11 is 0. The number of nitrogens with zero attached hydrogens (tertiary/aromatic N) is 5. The molecular formula is C21H29ClFN7O2. The topological polar surface area (TPSA) is 95.4 Å². The number of alkyl halides is 1. The summed E-state index contributed by atoms with van der Waals surface area (Å²) in [5.74, 6) is -0.261. The highest BCUT2D eigenvalue weighted by Gasteiger charge is 2.35. The van der Waals surface area contributed by atoms with Gasteiger partial charge in [-0.15, -0.1) is 12.4 Å². The Balaban J connectivity index is 0.00000245. The third kappa shape index (κ3) is 4.44. The number of rotatable bonds is 4. The number of imide groups is 1. The first-order valence-corrected chi connectivity index (χ1v) is 11.1. The highest BCUT2D eigenvalue weighted by Crippen LogP contribution is 2.32. The van der Waals surface area contributed by atoms with Gasteiger partial charge in [0.05, 0.1) is 35.8 Å². The maximum absolute atomic E-state index is 15.0. The molecule has 0 radical (unpaired) electrons. The number of aromatic nitrogens is 3. The molecule has 2 aromatic rings. The third-order valence-corrected chi connectivity index (χ3v) is 6.76. The van der Waals surface area contributed by atoms with E-state index in [1.165, 1.54) is 0 Å². The number of likely N-dealkylation sites (tertiary alicyclic amines) is 1. The maximum Gasteiger partial charge on any atom is 0.328 e. The number of carbonyl (C=O) groups excluding carboxylic acids is 2. The van der Waals surface area contributed by atoms with Crippen molar-refractivity contribution in [2.75, 3.05) is 44.2 Å².